The normalized spacial score (nSPS) is 10.6. The number of rotatable bonds is 5. The van der Waals surface area contributed by atoms with Gasteiger partial charge in [0.1, 0.15) is 11.4 Å². The molecule has 0 fully saturated rings. The molecule has 0 radical (unpaired) electrons. The molecule has 0 aliphatic heterocycles. The van der Waals surface area contributed by atoms with Crippen molar-refractivity contribution >= 4 is 34.0 Å². The maximum atomic E-state index is 12.1. The van der Waals surface area contributed by atoms with E-state index in [4.69, 9.17) is 4.74 Å². The van der Waals surface area contributed by atoms with Crippen molar-refractivity contribution in [2.24, 2.45) is 5.10 Å². The maximum absolute atomic E-state index is 12.1. The van der Waals surface area contributed by atoms with Crippen molar-refractivity contribution in [3.63, 3.8) is 0 Å². The Balaban J connectivity index is 1.56. The fraction of sp³-hybridized carbons (Fsp3) is 0. The van der Waals surface area contributed by atoms with Gasteiger partial charge < -0.3 is 4.74 Å². The Hall–Kier alpha value is -3.39. The largest absolute Gasteiger partial charge is 0.423 e. The number of esters is 1. The molecule has 1 amide bonds. The number of carbonyl (C=O) groups is 2. The summed E-state index contributed by atoms with van der Waals surface area (Å²) in [5, 5.41) is 3.86. The van der Waals surface area contributed by atoms with E-state index >= 15 is 0 Å². The van der Waals surface area contributed by atoms with Crippen LogP contribution in [0.1, 0.15) is 26.4 Å². The third kappa shape index (κ3) is 5.29. The first-order valence-electron chi connectivity index (χ1n) is 7.79. The van der Waals surface area contributed by atoms with Gasteiger partial charge >= 0.3 is 5.97 Å². The highest BCUT2D eigenvalue weighted by molar-refractivity contribution is 9.10. The van der Waals surface area contributed by atoms with Crippen molar-refractivity contribution in [1.82, 2.24) is 15.4 Å². The Morgan fingerprint density at radius 3 is 2.44 bits per heavy atom. The van der Waals surface area contributed by atoms with Gasteiger partial charge in [0.05, 0.1) is 18.0 Å². The first-order valence-corrected chi connectivity index (χ1v) is 8.58. The minimum absolute atomic E-state index is 0.171. The van der Waals surface area contributed by atoms with E-state index < -0.39 is 11.9 Å². The van der Waals surface area contributed by atoms with Gasteiger partial charge in [-0.25, -0.2) is 15.2 Å². The second-order valence-electron chi connectivity index (χ2n) is 5.26. The Morgan fingerprint density at radius 1 is 1.04 bits per heavy atom. The van der Waals surface area contributed by atoms with E-state index in [-0.39, 0.29) is 5.69 Å². The molecule has 0 aliphatic rings. The fourth-order valence-corrected chi connectivity index (χ4v) is 2.28. The number of nitrogens with one attached hydrogen (secondary N) is 1. The van der Waals surface area contributed by atoms with Crippen molar-refractivity contribution in [2.75, 3.05) is 0 Å². The SMILES string of the molecule is O=C(Oc1ccc(C=NNC(=O)c2cnccn2)cc1)c1ccc(Br)cc1. The molecule has 134 valence electrons. The molecule has 0 bridgehead atoms. The average Bonchev–Trinajstić information content (AvgIpc) is 2.70. The molecule has 8 heteroatoms. The van der Waals surface area contributed by atoms with Crippen molar-refractivity contribution < 1.29 is 14.3 Å². The molecule has 7 nitrogen and oxygen atoms in total. The molecule has 3 rings (SSSR count). The van der Waals surface area contributed by atoms with Gasteiger partial charge in [0.25, 0.3) is 5.91 Å². The maximum Gasteiger partial charge on any atom is 0.343 e. The van der Waals surface area contributed by atoms with E-state index in [0.29, 0.717) is 11.3 Å². The van der Waals surface area contributed by atoms with Crippen LogP contribution in [0.15, 0.2) is 76.7 Å². The zero-order valence-electron chi connectivity index (χ0n) is 13.9. The van der Waals surface area contributed by atoms with Crippen LogP contribution in [-0.2, 0) is 0 Å². The van der Waals surface area contributed by atoms with Crippen molar-refractivity contribution in [2.45, 2.75) is 0 Å². The van der Waals surface area contributed by atoms with E-state index in [1.165, 1.54) is 24.8 Å². The summed E-state index contributed by atoms with van der Waals surface area (Å²) in [5.74, 6) is -0.497. The molecular formula is C19H13BrN4O3. The lowest BCUT2D eigenvalue weighted by Crippen LogP contribution is -2.19. The third-order valence-electron chi connectivity index (χ3n) is 3.35. The predicted octanol–water partition coefficient (Wildman–Crippen LogP) is 3.22. The van der Waals surface area contributed by atoms with E-state index in [1.54, 1.807) is 48.5 Å². The highest BCUT2D eigenvalue weighted by Gasteiger charge is 2.08. The van der Waals surface area contributed by atoms with Crippen LogP contribution in [0.2, 0.25) is 0 Å². The molecule has 0 unspecified atom stereocenters. The Morgan fingerprint density at radius 2 is 1.78 bits per heavy atom. The molecule has 0 saturated carbocycles. The number of hydrogen-bond donors (Lipinski definition) is 1. The number of carbonyl (C=O) groups excluding carboxylic acids is 2. The fourth-order valence-electron chi connectivity index (χ4n) is 2.01. The molecule has 1 heterocycles. The van der Waals surface area contributed by atoms with Crippen molar-refractivity contribution in [3.8, 4) is 5.75 Å². The van der Waals surface area contributed by atoms with Crippen LogP contribution in [0, 0.1) is 0 Å². The molecule has 0 saturated heterocycles. The summed E-state index contributed by atoms with van der Waals surface area (Å²) in [6.45, 7) is 0. The highest BCUT2D eigenvalue weighted by Crippen LogP contribution is 2.15. The van der Waals surface area contributed by atoms with E-state index in [9.17, 15) is 9.59 Å². The van der Waals surface area contributed by atoms with Crippen LogP contribution in [0.3, 0.4) is 0 Å². The Bertz CT molecular complexity index is 959. The van der Waals surface area contributed by atoms with Crippen LogP contribution >= 0.6 is 15.9 Å². The first kappa shape index (κ1) is 18.4. The summed E-state index contributed by atoms with van der Waals surface area (Å²) in [6, 6.07) is 13.6. The predicted molar refractivity (Wildman–Crippen MR) is 103 cm³/mol. The van der Waals surface area contributed by atoms with Gasteiger partial charge in [-0.2, -0.15) is 5.10 Å². The van der Waals surface area contributed by atoms with Crippen LogP contribution in [0.5, 0.6) is 5.75 Å². The van der Waals surface area contributed by atoms with Gasteiger partial charge in [-0.1, -0.05) is 15.9 Å². The number of halogens is 1. The van der Waals surface area contributed by atoms with Crippen LogP contribution in [-0.4, -0.2) is 28.1 Å². The molecule has 27 heavy (non-hydrogen) atoms. The molecule has 2 aromatic carbocycles. The zero-order valence-corrected chi connectivity index (χ0v) is 15.5. The minimum atomic E-state index is -0.459. The number of nitrogens with zero attached hydrogens (tertiary/aromatic N) is 3. The Labute approximate surface area is 163 Å². The van der Waals surface area contributed by atoms with Gasteiger partial charge in [0, 0.05) is 16.9 Å². The number of hydrazone groups is 1. The topological polar surface area (TPSA) is 93.5 Å². The molecule has 3 aromatic rings. The lowest BCUT2D eigenvalue weighted by atomic mass is 10.2. The highest BCUT2D eigenvalue weighted by atomic mass is 79.9. The summed E-state index contributed by atoms with van der Waals surface area (Å²) in [5.41, 5.74) is 3.70. The second kappa shape index (κ2) is 8.81. The van der Waals surface area contributed by atoms with Gasteiger partial charge in [0.15, 0.2) is 0 Å². The lowest BCUT2D eigenvalue weighted by Gasteiger charge is -2.04. The molecule has 1 aromatic heterocycles. The van der Waals surface area contributed by atoms with Crippen molar-refractivity contribution in [3.05, 3.63) is 88.4 Å². The van der Waals surface area contributed by atoms with Crippen LogP contribution in [0.4, 0.5) is 0 Å². The summed E-state index contributed by atoms with van der Waals surface area (Å²) in [6.07, 6.45) is 5.71. The van der Waals surface area contributed by atoms with Gasteiger partial charge in [-0.15, -0.1) is 0 Å². The van der Waals surface area contributed by atoms with Gasteiger partial charge in [-0.3, -0.25) is 9.78 Å². The third-order valence-corrected chi connectivity index (χ3v) is 3.87. The van der Waals surface area contributed by atoms with Crippen LogP contribution < -0.4 is 10.2 Å². The number of aromatic nitrogens is 2. The Kier molecular flexibility index (Phi) is 6.01. The quantitative estimate of drug-likeness (QED) is 0.293. The summed E-state index contributed by atoms with van der Waals surface area (Å²) in [7, 11) is 0. The van der Waals surface area contributed by atoms with Crippen molar-refractivity contribution in [1.29, 1.82) is 0 Å². The monoisotopic (exact) mass is 424 g/mol. The van der Waals surface area contributed by atoms with E-state index in [2.05, 4.69) is 36.4 Å². The van der Waals surface area contributed by atoms with Crippen LogP contribution in [0.25, 0.3) is 0 Å². The number of benzene rings is 2. The number of amides is 1. The summed E-state index contributed by atoms with van der Waals surface area (Å²) < 4.78 is 6.20. The standard InChI is InChI=1S/C19H13BrN4O3/c20-15-5-3-14(4-6-15)19(26)27-16-7-1-13(2-8-16)11-23-24-18(25)17-12-21-9-10-22-17/h1-12H,(H,24,25). The molecule has 0 aliphatic carbocycles. The molecule has 1 N–H and O–H groups in total. The zero-order chi connectivity index (χ0) is 19.1. The first-order chi connectivity index (χ1) is 13.1. The van der Waals surface area contributed by atoms with E-state index in [1.807, 2.05) is 0 Å². The number of hydrogen-bond acceptors (Lipinski definition) is 6. The molecule has 0 atom stereocenters. The van der Waals surface area contributed by atoms with Gasteiger partial charge in [-0.05, 0) is 54.1 Å². The van der Waals surface area contributed by atoms with E-state index in [0.717, 1.165) is 10.0 Å². The molecular weight excluding hydrogens is 412 g/mol. The molecule has 0 spiro atoms. The summed E-state index contributed by atoms with van der Waals surface area (Å²) >= 11 is 3.31. The number of ether oxygens (including phenoxy) is 1. The van der Waals surface area contributed by atoms with Gasteiger partial charge in [0.2, 0.25) is 0 Å². The average molecular weight is 425 g/mol. The minimum Gasteiger partial charge on any atom is -0.423 e. The smallest absolute Gasteiger partial charge is 0.343 e. The second-order valence-corrected chi connectivity index (χ2v) is 6.17. The summed E-state index contributed by atoms with van der Waals surface area (Å²) in [4.78, 5) is 31.5. The lowest BCUT2D eigenvalue weighted by molar-refractivity contribution is 0.0734.